The smallest absolute Gasteiger partial charge is 0.310 e. The van der Waals surface area contributed by atoms with Crippen molar-refractivity contribution in [3.63, 3.8) is 0 Å². The van der Waals surface area contributed by atoms with Crippen LogP contribution in [0.2, 0.25) is 0 Å². The van der Waals surface area contributed by atoms with Gasteiger partial charge in [-0.05, 0) is 41.9 Å². The maximum Gasteiger partial charge on any atom is 0.310 e. The van der Waals surface area contributed by atoms with E-state index in [0.29, 0.717) is 6.42 Å². The van der Waals surface area contributed by atoms with Gasteiger partial charge in [-0.25, -0.2) is 0 Å². The lowest BCUT2D eigenvalue weighted by atomic mass is 9.96. The number of ether oxygens (including phenoxy) is 1. The van der Waals surface area contributed by atoms with Crippen LogP contribution in [-0.4, -0.2) is 26.7 Å². The minimum Gasteiger partial charge on any atom is -0.461 e. The second-order valence-electron chi connectivity index (χ2n) is 7.00. The van der Waals surface area contributed by atoms with Gasteiger partial charge in [-0.2, -0.15) is 8.42 Å². The predicted molar refractivity (Wildman–Crippen MR) is 103 cm³/mol. The molecule has 27 heavy (non-hydrogen) atoms. The van der Waals surface area contributed by atoms with E-state index >= 15 is 0 Å². The number of carbonyl (C=O) groups is 1. The molecule has 2 aromatic carbocycles. The predicted octanol–water partition coefficient (Wildman–Crippen LogP) is 3.58. The van der Waals surface area contributed by atoms with Crippen molar-refractivity contribution >= 4 is 16.1 Å². The van der Waals surface area contributed by atoms with Crippen molar-refractivity contribution in [1.82, 2.24) is 0 Å². The highest BCUT2D eigenvalue weighted by Crippen LogP contribution is 2.36. The molecule has 2 atom stereocenters. The second kappa shape index (κ2) is 8.67. The molecule has 0 amide bonds. The van der Waals surface area contributed by atoms with Gasteiger partial charge in [-0.15, -0.1) is 0 Å². The first-order valence-corrected chi connectivity index (χ1v) is 10.9. The lowest BCUT2D eigenvalue weighted by Gasteiger charge is -2.12. The molecule has 6 heteroatoms. The van der Waals surface area contributed by atoms with Crippen LogP contribution in [0.4, 0.5) is 0 Å². The zero-order chi connectivity index (χ0) is 19.3. The van der Waals surface area contributed by atoms with Crippen molar-refractivity contribution in [3.8, 4) is 0 Å². The molecule has 1 unspecified atom stereocenters. The van der Waals surface area contributed by atoms with E-state index in [-0.39, 0.29) is 31.0 Å². The average molecular weight is 388 g/mol. The van der Waals surface area contributed by atoms with Crippen LogP contribution < -0.4 is 0 Å². The van der Waals surface area contributed by atoms with Crippen molar-refractivity contribution in [2.24, 2.45) is 0 Å². The van der Waals surface area contributed by atoms with Gasteiger partial charge in [0.15, 0.2) is 0 Å². The van der Waals surface area contributed by atoms with Crippen LogP contribution >= 0.6 is 0 Å². The van der Waals surface area contributed by atoms with Crippen LogP contribution in [0.5, 0.6) is 0 Å². The highest BCUT2D eigenvalue weighted by Gasteiger charge is 2.28. The minimum atomic E-state index is -3.41. The quantitative estimate of drug-likeness (QED) is 0.536. The molecule has 5 nitrogen and oxygen atoms in total. The van der Waals surface area contributed by atoms with Gasteiger partial charge in [0.1, 0.15) is 6.61 Å². The molecular weight excluding hydrogens is 364 g/mol. The van der Waals surface area contributed by atoms with E-state index in [4.69, 9.17) is 8.92 Å². The summed E-state index contributed by atoms with van der Waals surface area (Å²) >= 11 is 0. The topological polar surface area (TPSA) is 69.7 Å². The fraction of sp³-hybridized carbons (Fsp3) is 0.381. The van der Waals surface area contributed by atoms with E-state index in [1.165, 1.54) is 0 Å². The molecule has 0 radical (unpaired) electrons. The van der Waals surface area contributed by atoms with E-state index in [0.717, 1.165) is 35.8 Å². The number of hydrogen-bond donors (Lipinski definition) is 0. The molecule has 0 aliphatic heterocycles. The minimum absolute atomic E-state index is 0.234. The van der Waals surface area contributed by atoms with E-state index in [2.05, 4.69) is 0 Å². The normalized spacial score (nSPS) is 19.7. The van der Waals surface area contributed by atoms with Crippen LogP contribution in [0.25, 0.3) is 0 Å². The molecule has 0 aromatic heterocycles. The molecule has 0 bridgehead atoms. The Morgan fingerprint density at radius 2 is 1.70 bits per heavy atom. The van der Waals surface area contributed by atoms with Crippen LogP contribution in [0.3, 0.4) is 0 Å². The lowest BCUT2D eigenvalue weighted by molar-refractivity contribution is -0.144. The molecule has 3 rings (SSSR count). The fourth-order valence-electron chi connectivity index (χ4n) is 3.44. The van der Waals surface area contributed by atoms with Crippen LogP contribution in [0, 0.1) is 0 Å². The third-order valence-electron chi connectivity index (χ3n) is 4.74. The summed E-state index contributed by atoms with van der Waals surface area (Å²) < 4.78 is 32.9. The molecule has 1 saturated carbocycles. The number of rotatable bonds is 7. The summed E-state index contributed by atoms with van der Waals surface area (Å²) in [4.78, 5) is 12.0. The largest absolute Gasteiger partial charge is 0.461 e. The summed E-state index contributed by atoms with van der Waals surface area (Å²) in [6.07, 6.45) is 3.43. The molecule has 1 fully saturated rings. The Morgan fingerprint density at radius 3 is 2.37 bits per heavy atom. The van der Waals surface area contributed by atoms with Gasteiger partial charge in [-0.3, -0.25) is 8.98 Å². The van der Waals surface area contributed by atoms with Crippen molar-refractivity contribution in [2.75, 3.05) is 6.26 Å². The Balaban J connectivity index is 1.49. The first kappa shape index (κ1) is 19.6. The summed E-state index contributed by atoms with van der Waals surface area (Å²) in [5.41, 5.74) is 3.02. The van der Waals surface area contributed by atoms with Gasteiger partial charge in [0.2, 0.25) is 0 Å². The Bertz CT molecular complexity index is 859. The maximum absolute atomic E-state index is 12.0. The highest BCUT2D eigenvalue weighted by molar-refractivity contribution is 7.86. The summed E-state index contributed by atoms with van der Waals surface area (Å²) in [6.45, 7) is 0.279. The van der Waals surface area contributed by atoms with E-state index in [1.54, 1.807) is 0 Å². The van der Waals surface area contributed by atoms with Gasteiger partial charge >= 0.3 is 5.97 Å². The lowest BCUT2D eigenvalue weighted by Crippen LogP contribution is -2.14. The van der Waals surface area contributed by atoms with Gasteiger partial charge in [0.25, 0.3) is 10.1 Å². The summed E-state index contributed by atoms with van der Waals surface area (Å²) in [5.74, 6) is 0.0323. The average Bonchev–Trinajstić information content (AvgIpc) is 3.08. The summed E-state index contributed by atoms with van der Waals surface area (Å²) in [5, 5.41) is 0. The van der Waals surface area contributed by atoms with Crippen LogP contribution in [0.1, 0.15) is 41.9 Å². The molecule has 1 aliphatic carbocycles. The van der Waals surface area contributed by atoms with Crippen molar-refractivity contribution in [3.05, 3.63) is 71.3 Å². The molecule has 0 saturated heterocycles. The van der Waals surface area contributed by atoms with E-state index in [1.807, 2.05) is 54.6 Å². The number of esters is 1. The first-order valence-electron chi connectivity index (χ1n) is 9.06. The molecule has 0 N–H and O–H groups in total. The van der Waals surface area contributed by atoms with Crippen molar-refractivity contribution in [2.45, 2.75) is 44.3 Å². The molecular formula is C21H24O5S. The molecule has 0 heterocycles. The van der Waals surface area contributed by atoms with Gasteiger partial charge in [0, 0.05) is 0 Å². The fourth-order valence-corrected chi connectivity index (χ4v) is 4.11. The second-order valence-corrected chi connectivity index (χ2v) is 8.60. The highest BCUT2D eigenvalue weighted by atomic mass is 32.2. The van der Waals surface area contributed by atoms with Crippen molar-refractivity contribution < 1.29 is 22.1 Å². The van der Waals surface area contributed by atoms with Gasteiger partial charge in [0.05, 0.1) is 18.8 Å². The SMILES string of the molecule is CS(=O)(=O)OC1CC[C@H](c2ccc(CC(=O)OCc3ccccc3)cc2)C1. The zero-order valence-electron chi connectivity index (χ0n) is 15.3. The Hall–Kier alpha value is -2.18. The third-order valence-corrected chi connectivity index (χ3v) is 5.36. The standard InChI is InChI=1S/C21H24O5S/c1-27(23,24)26-20-12-11-19(14-20)18-9-7-16(8-10-18)13-21(22)25-15-17-5-3-2-4-6-17/h2-10,19-20H,11-15H2,1H3/t19-,20?/m0/s1. The Morgan fingerprint density at radius 1 is 1.00 bits per heavy atom. The molecule has 1 aliphatic rings. The van der Waals surface area contributed by atoms with Crippen LogP contribution in [-0.2, 0) is 36.9 Å². The van der Waals surface area contributed by atoms with Crippen molar-refractivity contribution in [1.29, 1.82) is 0 Å². The number of benzene rings is 2. The third kappa shape index (κ3) is 6.19. The van der Waals surface area contributed by atoms with E-state index < -0.39 is 10.1 Å². The van der Waals surface area contributed by atoms with Gasteiger partial charge < -0.3 is 4.74 Å². The van der Waals surface area contributed by atoms with Crippen LogP contribution in [0.15, 0.2) is 54.6 Å². The Kier molecular flexibility index (Phi) is 6.29. The van der Waals surface area contributed by atoms with E-state index in [9.17, 15) is 13.2 Å². The number of hydrogen-bond acceptors (Lipinski definition) is 5. The monoisotopic (exact) mass is 388 g/mol. The molecule has 2 aromatic rings. The molecule has 0 spiro atoms. The summed E-state index contributed by atoms with van der Waals surface area (Å²) in [7, 11) is -3.41. The molecule has 144 valence electrons. The maximum atomic E-state index is 12.0. The Labute approximate surface area is 160 Å². The number of carbonyl (C=O) groups excluding carboxylic acids is 1. The van der Waals surface area contributed by atoms with Gasteiger partial charge in [-0.1, -0.05) is 54.6 Å². The zero-order valence-corrected chi connectivity index (χ0v) is 16.2. The summed E-state index contributed by atoms with van der Waals surface area (Å²) in [6, 6.07) is 17.5. The first-order chi connectivity index (χ1) is 12.9.